The fourth-order valence-electron chi connectivity index (χ4n) is 1.39. The molecule has 94 valence electrons. The van der Waals surface area contributed by atoms with Crippen molar-refractivity contribution in [2.24, 2.45) is 0 Å². The van der Waals surface area contributed by atoms with E-state index < -0.39 is 5.97 Å². The van der Waals surface area contributed by atoms with Gasteiger partial charge in [-0.2, -0.15) is 0 Å². The first-order chi connectivity index (χ1) is 8.56. The summed E-state index contributed by atoms with van der Waals surface area (Å²) in [7, 11) is 0. The fraction of sp³-hybridized carbons (Fsp3) is 0.167. The van der Waals surface area contributed by atoms with Crippen LogP contribution >= 0.6 is 22.9 Å². The average molecular weight is 284 g/mol. The first-order valence-electron chi connectivity index (χ1n) is 5.14. The van der Waals surface area contributed by atoms with Crippen molar-refractivity contribution >= 4 is 28.9 Å². The third kappa shape index (κ3) is 3.00. The molecule has 0 aliphatic heterocycles. The zero-order valence-corrected chi connectivity index (χ0v) is 11.1. The van der Waals surface area contributed by atoms with Crippen molar-refractivity contribution in [2.75, 3.05) is 0 Å². The number of carboxylic acids is 1. The lowest BCUT2D eigenvalue weighted by Gasteiger charge is -2.07. The van der Waals surface area contributed by atoms with Crippen molar-refractivity contribution in [3.8, 4) is 5.75 Å². The van der Waals surface area contributed by atoms with Gasteiger partial charge in [-0.05, 0) is 31.2 Å². The first kappa shape index (κ1) is 12.9. The number of ether oxygens (including phenoxy) is 1. The number of hydrogen-bond donors (Lipinski definition) is 1. The van der Waals surface area contributed by atoms with Crippen LogP contribution in [0.5, 0.6) is 5.75 Å². The number of hydrogen-bond acceptors (Lipinski definition) is 4. The number of aromatic nitrogens is 1. The van der Waals surface area contributed by atoms with E-state index in [4.69, 9.17) is 21.4 Å². The topological polar surface area (TPSA) is 59.4 Å². The van der Waals surface area contributed by atoms with Crippen molar-refractivity contribution in [1.82, 2.24) is 4.98 Å². The molecule has 2 rings (SSSR count). The van der Waals surface area contributed by atoms with Crippen molar-refractivity contribution in [2.45, 2.75) is 13.5 Å². The highest BCUT2D eigenvalue weighted by Gasteiger charge is 2.13. The summed E-state index contributed by atoms with van der Waals surface area (Å²) in [5.74, 6) is -0.837. The van der Waals surface area contributed by atoms with E-state index in [9.17, 15) is 4.79 Å². The molecule has 0 saturated carbocycles. The Labute approximate surface area is 113 Å². The van der Waals surface area contributed by atoms with Gasteiger partial charge in [0, 0.05) is 10.6 Å². The Hall–Kier alpha value is -1.59. The Kier molecular flexibility index (Phi) is 3.84. The Morgan fingerprint density at radius 2 is 2.22 bits per heavy atom. The van der Waals surface area contributed by atoms with E-state index in [2.05, 4.69) is 4.98 Å². The van der Waals surface area contributed by atoms with Gasteiger partial charge in [0.2, 0.25) is 0 Å². The monoisotopic (exact) mass is 283 g/mol. The van der Waals surface area contributed by atoms with E-state index in [1.54, 1.807) is 25.1 Å². The van der Waals surface area contributed by atoms with Crippen LogP contribution in [0.25, 0.3) is 0 Å². The highest BCUT2D eigenvalue weighted by Crippen LogP contribution is 2.24. The van der Waals surface area contributed by atoms with Crippen molar-refractivity contribution in [3.05, 3.63) is 44.9 Å². The van der Waals surface area contributed by atoms with Gasteiger partial charge in [0.1, 0.15) is 6.61 Å². The van der Waals surface area contributed by atoms with Crippen LogP contribution in [0.4, 0.5) is 0 Å². The second-order valence-electron chi connectivity index (χ2n) is 3.60. The Morgan fingerprint density at radius 1 is 1.44 bits per heavy atom. The number of thiophene rings is 1. The zero-order chi connectivity index (χ0) is 13.1. The number of halogens is 1. The standard InChI is InChI=1S/C12H10ClNO3S/c1-7-2-4-9(11(14-7)12(15)16)17-6-8-3-5-10(13)18-8/h2-5H,6H2,1H3,(H,15,16). The third-order valence-corrected chi connectivity index (χ3v) is 3.40. The van der Waals surface area contributed by atoms with Gasteiger partial charge < -0.3 is 9.84 Å². The maximum Gasteiger partial charge on any atom is 0.358 e. The van der Waals surface area contributed by atoms with Crippen LogP contribution < -0.4 is 4.74 Å². The van der Waals surface area contributed by atoms with Gasteiger partial charge in [0.05, 0.1) is 4.34 Å². The summed E-state index contributed by atoms with van der Waals surface area (Å²) < 4.78 is 6.14. The zero-order valence-electron chi connectivity index (χ0n) is 9.51. The van der Waals surface area contributed by atoms with E-state index in [0.717, 1.165) is 4.88 Å². The van der Waals surface area contributed by atoms with Gasteiger partial charge in [-0.15, -0.1) is 11.3 Å². The molecule has 0 fully saturated rings. The molecule has 18 heavy (non-hydrogen) atoms. The number of carboxylic acid groups (broad SMARTS) is 1. The van der Waals surface area contributed by atoms with E-state index in [1.165, 1.54) is 11.3 Å². The number of aromatic carboxylic acids is 1. The molecule has 2 aromatic heterocycles. The predicted octanol–water partition coefficient (Wildman–Crippen LogP) is 3.38. The molecule has 2 heterocycles. The first-order valence-corrected chi connectivity index (χ1v) is 6.33. The van der Waals surface area contributed by atoms with Crippen LogP contribution in [0, 0.1) is 6.92 Å². The smallest absolute Gasteiger partial charge is 0.358 e. The van der Waals surface area contributed by atoms with E-state index in [0.29, 0.717) is 10.0 Å². The molecule has 0 unspecified atom stereocenters. The average Bonchev–Trinajstić information content (AvgIpc) is 2.73. The molecular weight excluding hydrogens is 274 g/mol. The van der Waals surface area contributed by atoms with Crippen LogP contribution in [0.2, 0.25) is 4.34 Å². The molecule has 0 amide bonds. The maximum absolute atomic E-state index is 11.0. The number of pyridine rings is 1. The quantitative estimate of drug-likeness (QED) is 0.934. The molecular formula is C12H10ClNO3S. The lowest BCUT2D eigenvalue weighted by atomic mass is 10.3. The van der Waals surface area contributed by atoms with Crippen LogP contribution in [0.3, 0.4) is 0 Å². The second-order valence-corrected chi connectivity index (χ2v) is 5.40. The normalized spacial score (nSPS) is 10.3. The number of rotatable bonds is 4. The molecule has 2 aromatic rings. The van der Waals surface area contributed by atoms with Gasteiger partial charge in [0.15, 0.2) is 11.4 Å². The van der Waals surface area contributed by atoms with Gasteiger partial charge in [-0.3, -0.25) is 0 Å². The van der Waals surface area contributed by atoms with Crippen molar-refractivity contribution in [3.63, 3.8) is 0 Å². The summed E-state index contributed by atoms with van der Waals surface area (Å²) in [5, 5.41) is 9.03. The van der Waals surface area contributed by atoms with Gasteiger partial charge in [-0.1, -0.05) is 11.6 Å². The summed E-state index contributed by atoms with van der Waals surface area (Å²) in [5.41, 5.74) is 0.566. The highest BCUT2D eigenvalue weighted by molar-refractivity contribution is 7.16. The summed E-state index contributed by atoms with van der Waals surface area (Å²) in [6.07, 6.45) is 0. The SMILES string of the molecule is Cc1ccc(OCc2ccc(Cl)s2)c(C(=O)O)n1. The molecule has 0 spiro atoms. The third-order valence-electron chi connectivity index (χ3n) is 2.20. The van der Waals surface area contributed by atoms with Crippen LogP contribution in [-0.2, 0) is 6.61 Å². The van der Waals surface area contributed by atoms with Crippen molar-refractivity contribution < 1.29 is 14.6 Å². The summed E-state index contributed by atoms with van der Waals surface area (Å²) in [6.45, 7) is 2.01. The Balaban J connectivity index is 2.16. The largest absolute Gasteiger partial charge is 0.486 e. The Bertz CT molecular complexity index is 582. The highest BCUT2D eigenvalue weighted by atomic mass is 35.5. The molecule has 0 saturated heterocycles. The molecule has 0 aliphatic carbocycles. The number of aryl methyl sites for hydroxylation is 1. The Morgan fingerprint density at radius 3 is 2.83 bits per heavy atom. The van der Waals surface area contributed by atoms with Gasteiger partial charge in [-0.25, -0.2) is 9.78 Å². The molecule has 0 bridgehead atoms. The minimum Gasteiger partial charge on any atom is -0.486 e. The van der Waals surface area contributed by atoms with Gasteiger partial charge >= 0.3 is 5.97 Å². The molecule has 0 atom stereocenters. The predicted molar refractivity (Wildman–Crippen MR) is 69.6 cm³/mol. The van der Waals surface area contributed by atoms with Crippen molar-refractivity contribution in [1.29, 1.82) is 0 Å². The van der Waals surface area contributed by atoms with E-state index >= 15 is 0 Å². The molecule has 0 radical (unpaired) electrons. The molecule has 4 nitrogen and oxygen atoms in total. The second kappa shape index (κ2) is 5.37. The van der Waals surface area contributed by atoms with Crippen LogP contribution in [0.1, 0.15) is 21.1 Å². The van der Waals surface area contributed by atoms with E-state index in [1.807, 2.05) is 6.07 Å². The fourth-order valence-corrected chi connectivity index (χ4v) is 2.39. The molecule has 1 N–H and O–H groups in total. The number of nitrogens with zero attached hydrogens (tertiary/aromatic N) is 1. The lowest BCUT2D eigenvalue weighted by Crippen LogP contribution is -2.06. The number of carbonyl (C=O) groups is 1. The minimum atomic E-state index is -1.10. The lowest BCUT2D eigenvalue weighted by molar-refractivity contribution is 0.0684. The summed E-state index contributed by atoms with van der Waals surface area (Å²) >= 11 is 7.20. The maximum atomic E-state index is 11.0. The molecule has 0 aliphatic rings. The minimum absolute atomic E-state index is 0.0716. The van der Waals surface area contributed by atoms with Crippen LogP contribution in [-0.4, -0.2) is 16.1 Å². The molecule has 6 heteroatoms. The summed E-state index contributed by atoms with van der Waals surface area (Å²) in [6, 6.07) is 6.94. The molecule has 0 aromatic carbocycles. The van der Waals surface area contributed by atoms with Gasteiger partial charge in [0.25, 0.3) is 0 Å². The summed E-state index contributed by atoms with van der Waals surface area (Å²) in [4.78, 5) is 15.9. The van der Waals surface area contributed by atoms with E-state index in [-0.39, 0.29) is 18.1 Å². The van der Waals surface area contributed by atoms with Crippen LogP contribution in [0.15, 0.2) is 24.3 Å².